The molecule has 0 heterocycles. The van der Waals surface area contributed by atoms with E-state index in [1.807, 2.05) is 36.4 Å². The van der Waals surface area contributed by atoms with E-state index in [9.17, 15) is 18.0 Å². The summed E-state index contributed by atoms with van der Waals surface area (Å²) < 4.78 is 46.5. The number of nitrogens with one attached hydrogen (secondary N) is 2. The van der Waals surface area contributed by atoms with Crippen LogP contribution in [-0.4, -0.2) is 12.3 Å². The molecule has 0 atom stereocenters. The molecule has 30 heavy (non-hydrogen) atoms. The van der Waals surface area contributed by atoms with Crippen molar-refractivity contribution in [3.05, 3.63) is 78.4 Å². The van der Waals surface area contributed by atoms with E-state index in [1.54, 1.807) is 12.1 Å². The number of carbonyl (C=O) groups is 1. The highest BCUT2D eigenvalue weighted by Crippen LogP contribution is 2.32. The van der Waals surface area contributed by atoms with Crippen LogP contribution in [0.2, 0.25) is 0 Å². The highest BCUT2D eigenvalue weighted by atomic mass is 19.4. The van der Waals surface area contributed by atoms with Crippen molar-refractivity contribution < 1.29 is 27.4 Å². The molecule has 3 aromatic rings. The van der Waals surface area contributed by atoms with Crippen molar-refractivity contribution in [3.8, 4) is 17.2 Å². The topological polar surface area (TPSA) is 59.6 Å². The second-order valence-corrected chi connectivity index (χ2v) is 6.31. The van der Waals surface area contributed by atoms with Crippen LogP contribution < -0.4 is 20.1 Å². The molecule has 0 spiro atoms. The van der Waals surface area contributed by atoms with Crippen LogP contribution in [0.5, 0.6) is 17.2 Å². The third-order valence-corrected chi connectivity index (χ3v) is 3.97. The zero-order valence-corrected chi connectivity index (χ0v) is 16.0. The fourth-order valence-electron chi connectivity index (χ4n) is 2.71. The average Bonchev–Trinajstić information content (AvgIpc) is 2.68. The number of rotatable bonds is 7. The largest absolute Gasteiger partial charge is 0.573 e. The van der Waals surface area contributed by atoms with Gasteiger partial charge in [0.25, 0.3) is 0 Å². The van der Waals surface area contributed by atoms with Crippen molar-refractivity contribution in [3.63, 3.8) is 0 Å². The number of carbonyl (C=O) groups excluding carboxylic acids is 1. The van der Waals surface area contributed by atoms with E-state index in [1.165, 1.54) is 31.2 Å². The number of benzene rings is 3. The Morgan fingerprint density at radius 3 is 2.13 bits per heavy atom. The number of para-hydroxylation sites is 3. The highest BCUT2D eigenvalue weighted by Gasteiger charge is 2.31. The summed E-state index contributed by atoms with van der Waals surface area (Å²) in [6, 6.07) is 19.7. The number of hydrogen-bond acceptors (Lipinski definition) is 4. The van der Waals surface area contributed by atoms with Gasteiger partial charge < -0.3 is 20.1 Å². The standard InChI is InChI=1S/C22H19F3N2O3/c1-15(28)27-19-7-3-2-6-16(19)14-26-20-8-4-5-9-21(20)29-17-10-12-18(13-11-17)30-22(23,24)25/h2-13,26H,14H2,1H3,(H,27,28). The molecule has 0 aliphatic rings. The molecule has 5 nitrogen and oxygen atoms in total. The fraction of sp³-hybridized carbons (Fsp3) is 0.136. The molecule has 0 bridgehead atoms. The third-order valence-electron chi connectivity index (χ3n) is 3.97. The molecule has 0 aliphatic heterocycles. The molecule has 0 radical (unpaired) electrons. The van der Waals surface area contributed by atoms with Crippen LogP contribution in [0, 0.1) is 0 Å². The van der Waals surface area contributed by atoms with E-state index in [0.29, 0.717) is 29.4 Å². The van der Waals surface area contributed by atoms with Crippen LogP contribution in [0.3, 0.4) is 0 Å². The molecule has 156 valence electrons. The van der Waals surface area contributed by atoms with Crippen LogP contribution in [-0.2, 0) is 11.3 Å². The quantitative estimate of drug-likeness (QED) is 0.500. The summed E-state index contributed by atoms with van der Waals surface area (Å²) in [5.74, 6) is 0.372. The van der Waals surface area contributed by atoms with Gasteiger partial charge in [-0.05, 0) is 48.0 Å². The van der Waals surface area contributed by atoms with Crippen LogP contribution in [0.1, 0.15) is 12.5 Å². The van der Waals surface area contributed by atoms with Gasteiger partial charge in [-0.25, -0.2) is 0 Å². The lowest BCUT2D eigenvalue weighted by atomic mass is 10.1. The van der Waals surface area contributed by atoms with Gasteiger partial charge in [-0.15, -0.1) is 13.2 Å². The SMILES string of the molecule is CC(=O)Nc1ccccc1CNc1ccccc1Oc1ccc(OC(F)(F)F)cc1. The number of anilines is 2. The van der Waals surface area contributed by atoms with Gasteiger partial charge in [0.05, 0.1) is 5.69 Å². The van der Waals surface area contributed by atoms with Crippen molar-refractivity contribution in [2.45, 2.75) is 19.8 Å². The highest BCUT2D eigenvalue weighted by molar-refractivity contribution is 5.89. The smallest absolute Gasteiger partial charge is 0.455 e. The van der Waals surface area contributed by atoms with Gasteiger partial charge in [0.15, 0.2) is 5.75 Å². The van der Waals surface area contributed by atoms with Gasteiger partial charge in [0, 0.05) is 19.2 Å². The normalized spacial score (nSPS) is 10.9. The number of hydrogen-bond donors (Lipinski definition) is 2. The molecule has 0 fully saturated rings. The first kappa shape index (κ1) is 21.0. The second-order valence-electron chi connectivity index (χ2n) is 6.31. The summed E-state index contributed by atoms with van der Waals surface area (Å²) >= 11 is 0. The van der Waals surface area contributed by atoms with E-state index in [0.717, 1.165) is 5.56 Å². The van der Waals surface area contributed by atoms with E-state index < -0.39 is 6.36 Å². The molecular formula is C22H19F3N2O3. The van der Waals surface area contributed by atoms with Crippen molar-refractivity contribution >= 4 is 17.3 Å². The Labute approximate surface area is 171 Å². The Hall–Kier alpha value is -3.68. The first-order valence-electron chi connectivity index (χ1n) is 9.02. The van der Waals surface area contributed by atoms with Crippen LogP contribution in [0.15, 0.2) is 72.8 Å². The molecule has 0 aliphatic carbocycles. The van der Waals surface area contributed by atoms with Gasteiger partial charge in [-0.1, -0.05) is 30.3 Å². The monoisotopic (exact) mass is 416 g/mol. The minimum Gasteiger partial charge on any atom is -0.455 e. The van der Waals surface area contributed by atoms with E-state index in [-0.39, 0.29) is 11.7 Å². The van der Waals surface area contributed by atoms with Crippen LogP contribution in [0.25, 0.3) is 0 Å². The predicted octanol–water partition coefficient (Wildman–Crippen LogP) is 5.95. The molecule has 0 unspecified atom stereocenters. The van der Waals surface area contributed by atoms with Crippen molar-refractivity contribution in [1.82, 2.24) is 0 Å². The van der Waals surface area contributed by atoms with Gasteiger partial charge in [0.2, 0.25) is 5.91 Å². The Balaban J connectivity index is 1.70. The molecule has 2 N–H and O–H groups in total. The van der Waals surface area contributed by atoms with Gasteiger partial charge in [-0.3, -0.25) is 4.79 Å². The van der Waals surface area contributed by atoms with Crippen LogP contribution in [0.4, 0.5) is 24.5 Å². The lowest BCUT2D eigenvalue weighted by Crippen LogP contribution is -2.16. The minimum absolute atomic E-state index is 0.163. The molecule has 0 saturated heterocycles. The van der Waals surface area contributed by atoms with Crippen molar-refractivity contribution in [2.24, 2.45) is 0 Å². The average molecular weight is 416 g/mol. The number of ether oxygens (including phenoxy) is 2. The minimum atomic E-state index is -4.74. The Bertz CT molecular complexity index is 1010. The molecule has 8 heteroatoms. The Morgan fingerprint density at radius 2 is 1.47 bits per heavy atom. The van der Waals surface area contributed by atoms with E-state index in [2.05, 4.69) is 15.4 Å². The first-order valence-corrected chi connectivity index (χ1v) is 9.02. The van der Waals surface area contributed by atoms with E-state index >= 15 is 0 Å². The molecular weight excluding hydrogens is 397 g/mol. The molecule has 0 saturated carbocycles. The molecule has 3 aromatic carbocycles. The van der Waals surface area contributed by atoms with Crippen molar-refractivity contribution in [2.75, 3.05) is 10.6 Å². The summed E-state index contributed by atoms with van der Waals surface area (Å²) in [5.41, 5.74) is 2.28. The Kier molecular flexibility index (Phi) is 6.46. The summed E-state index contributed by atoms with van der Waals surface area (Å²) in [6.45, 7) is 1.87. The Morgan fingerprint density at radius 1 is 0.867 bits per heavy atom. The molecule has 1 amide bonds. The number of alkyl halides is 3. The summed E-state index contributed by atoms with van der Waals surface area (Å²) in [6.07, 6.45) is -4.74. The van der Waals surface area contributed by atoms with Crippen LogP contribution >= 0.6 is 0 Å². The summed E-state index contributed by atoms with van der Waals surface area (Å²) in [5, 5.41) is 6.04. The summed E-state index contributed by atoms with van der Waals surface area (Å²) in [7, 11) is 0. The first-order chi connectivity index (χ1) is 14.3. The predicted molar refractivity (Wildman–Crippen MR) is 108 cm³/mol. The zero-order chi connectivity index (χ0) is 21.6. The molecule has 3 rings (SSSR count). The third kappa shape index (κ3) is 6.16. The van der Waals surface area contributed by atoms with E-state index in [4.69, 9.17) is 4.74 Å². The lowest BCUT2D eigenvalue weighted by Gasteiger charge is -2.15. The second kappa shape index (κ2) is 9.21. The summed E-state index contributed by atoms with van der Waals surface area (Å²) in [4.78, 5) is 11.4. The number of halogens is 3. The molecule has 0 aromatic heterocycles. The maximum Gasteiger partial charge on any atom is 0.573 e. The van der Waals surface area contributed by atoms with Crippen molar-refractivity contribution in [1.29, 1.82) is 0 Å². The fourth-order valence-corrected chi connectivity index (χ4v) is 2.71. The lowest BCUT2D eigenvalue weighted by molar-refractivity contribution is -0.274. The maximum atomic E-state index is 12.3. The van der Waals surface area contributed by atoms with Gasteiger partial charge in [-0.2, -0.15) is 0 Å². The number of amides is 1. The van der Waals surface area contributed by atoms with Gasteiger partial charge in [0.1, 0.15) is 11.5 Å². The zero-order valence-electron chi connectivity index (χ0n) is 16.0. The van der Waals surface area contributed by atoms with Gasteiger partial charge >= 0.3 is 6.36 Å². The maximum absolute atomic E-state index is 12.3.